The van der Waals surface area contributed by atoms with Crippen LogP contribution in [-0.2, 0) is 0 Å². The zero-order chi connectivity index (χ0) is 39.3. The van der Waals surface area contributed by atoms with E-state index in [1.54, 1.807) is 0 Å². The fraction of sp³-hybridized carbons (Fsp3) is 1.00. The van der Waals surface area contributed by atoms with Gasteiger partial charge in [0, 0.05) is 0 Å². The normalized spacial score (nSPS) is 50.0. The first-order chi connectivity index (χ1) is 26.2. The van der Waals surface area contributed by atoms with E-state index in [0.29, 0.717) is 21.7 Å². The van der Waals surface area contributed by atoms with Gasteiger partial charge < -0.3 is 10.2 Å². The maximum atomic E-state index is 10.3. The van der Waals surface area contributed by atoms with Gasteiger partial charge >= 0.3 is 0 Å². The summed E-state index contributed by atoms with van der Waals surface area (Å²) in [6.45, 7) is 22.9. The van der Waals surface area contributed by atoms with E-state index in [-0.39, 0.29) is 12.2 Å². The molecule has 2 unspecified atom stereocenters. The molecule has 2 nitrogen and oxygen atoms in total. The standard InChI is InChI=1S/C27H48O.C26H46O/c1-18(2)7-6-8-19(3)23-11-12-24-22-10-9-20-17-21(28)13-15-26(20,4)25(22)14-16-27(23,24)5;1-5-6-7-8-18(2)22-11-12-23-21-10-9-19-17-20(27)13-15-25(19,3)24(21)14-16-26(22,23)4/h18-25,28H,6-17H2,1-5H3;18-24,27H,5-17H2,1-4H3/t19?,20-,21-,22-,23+,24-,25-,26-,27+;18?,19-,20-,21-,22+,23-,24-,25-,26+/m00/s1. The zero-order valence-corrected chi connectivity index (χ0v) is 38.2. The Hall–Kier alpha value is -0.0800. The number of aliphatic hydroxyl groups excluding tert-OH is 2. The van der Waals surface area contributed by atoms with Gasteiger partial charge in [0.2, 0.25) is 0 Å². The van der Waals surface area contributed by atoms with Crippen LogP contribution in [0.1, 0.15) is 223 Å². The summed E-state index contributed by atoms with van der Waals surface area (Å²) >= 11 is 0. The van der Waals surface area contributed by atoms with Crippen molar-refractivity contribution < 1.29 is 10.2 Å². The van der Waals surface area contributed by atoms with Crippen LogP contribution in [0, 0.1) is 98.6 Å². The van der Waals surface area contributed by atoms with E-state index in [9.17, 15) is 10.2 Å². The molecular formula is C53H94O2. The van der Waals surface area contributed by atoms with Gasteiger partial charge in [-0.2, -0.15) is 0 Å². The molecule has 0 aromatic rings. The third kappa shape index (κ3) is 7.98. The highest BCUT2D eigenvalue weighted by Gasteiger charge is 2.62. The number of rotatable bonds is 10. The van der Waals surface area contributed by atoms with E-state index in [1.807, 2.05) is 0 Å². The molecule has 0 saturated heterocycles. The van der Waals surface area contributed by atoms with Crippen LogP contribution in [0.3, 0.4) is 0 Å². The Labute approximate surface area is 342 Å². The van der Waals surface area contributed by atoms with Gasteiger partial charge in [0.15, 0.2) is 0 Å². The predicted molar refractivity (Wildman–Crippen MR) is 234 cm³/mol. The number of aliphatic hydroxyl groups is 2. The van der Waals surface area contributed by atoms with Gasteiger partial charge in [-0.3, -0.25) is 0 Å². The molecule has 0 aliphatic heterocycles. The summed E-state index contributed by atoms with van der Waals surface area (Å²) in [7, 11) is 0. The summed E-state index contributed by atoms with van der Waals surface area (Å²) in [6.07, 6.45) is 34.6. The number of hydrogen-bond acceptors (Lipinski definition) is 2. The Morgan fingerprint density at radius 1 is 0.455 bits per heavy atom. The van der Waals surface area contributed by atoms with Crippen molar-refractivity contribution in [1.29, 1.82) is 0 Å². The summed E-state index contributed by atoms with van der Waals surface area (Å²) in [5.74, 6) is 12.2. The van der Waals surface area contributed by atoms with Crippen molar-refractivity contribution in [1.82, 2.24) is 0 Å². The summed E-state index contributed by atoms with van der Waals surface area (Å²) in [6, 6.07) is 0. The van der Waals surface area contributed by atoms with Gasteiger partial charge in [0.25, 0.3) is 0 Å². The molecule has 0 radical (unpaired) electrons. The van der Waals surface area contributed by atoms with Crippen LogP contribution >= 0.6 is 0 Å². The van der Waals surface area contributed by atoms with E-state index in [4.69, 9.17) is 0 Å². The predicted octanol–water partition coefficient (Wildman–Crippen LogP) is 14.7. The summed E-state index contributed by atoms with van der Waals surface area (Å²) in [5.41, 5.74) is 2.32. The van der Waals surface area contributed by atoms with Crippen molar-refractivity contribution >= 4 is 0 Å². The summed E-state index contributed by atoms with van der Waals surface area (Å²) in [4.78, 5) is 0. The average molecular weight is 763 g/mol. The second-order valence-electron chi connectivity index (χ2n) is 24.4. The average Bonchev–Trinajstić information content (AvgIpc) is 3.69. The molecule has 0 spiro atoms. The van der Waals surface area contributed by atoms with Gasteiger partial charge in [-0.25, -0.2) is 0 Å². The third-order valence-corrected chi connectivity index (χ3v) is 21.5. The fourth-order valence-electron chi connectivity index (χ4n) is 18.4. The zero-order valence-electron chi connectivity index (χ0n) is 38.2. The molecule has 0 aromatic heterocycles. The van der Waals surface area contributed by atoms with Crippen LogP contribution in [0.15, 0.2) is 0 Å². The second-order valence-corrected chi connectivity index (χ2v) is 24.4. The Balaban J connectivity index is 0.000000169. The Kier molecular flexibility index (Phi) is 13.4. The molecule has 55 heavy (non-hydrogen) atoms. The first kappa shape index (κ1) is 43.0. The van der Waals surface area contributed by atoms with Gasteiger partial charge in [0.05, 0.1) is 12.2 Å². The Morgan fingerprint density at radius 2 is 0.873 bits per heavy atom. The first-order valence-electron chi connectivity index (χ1n) is 25.5. The molecule has 318 valence electrons. The van der Waals surface area contributed by atoms with Crippen LogP contribution in [0.4, 0.5) is 0 Å². The van der Waals surface area contributed by atoms with Crippen LogP contribution < -0.4 is 0 Å². The molecule has 8 aliphatic carbocycles. The molecule has 0 heterocycles. The van der Waals surface area contributed by atoms with E-state index >= 15 is 0 Å². The minimum Gasteiger partial charge on any atom is -0.393 e. The molecule has 0 amide bonds. The lowest BCUT2D eigenvalue weighted by atomic mass is 9.44. The highest BCUT2D eigenvalue weighted by Crippen LogP contribution is 2.70. The molecule has 2 heteroatoms. The van der Waals surface area contributed by atoms with E-state index in [1.165, 1.54) is 135 Å². The molecule has 8 saturated carbocycles. The molecule has 0 aromatic carbocycles. The lowest BCUT2D eigenvalue weighted by Crippen LogP contribution is -2.54. The smallest absolute Gasteiger partial charge is 0.0543 e. The lowest BCUT2D eigenvalue weighted by Gasteiger charge is -2.61. The van der Waals surface area contributed by atoms with Gasteiger partial charge in [0.1, 0.15) is 0 Å². The van der Waals surface area contributed by atoms with E-state index in [0.717, 1.165) is 103 Å². The highest BCUT2D eigenvalue weighted by atomic mass is 16.3. The number of unbranched alkanes of at least 4 members (excludes halogenated alkanes) is 2. The van der Waals surface area contributed by atoms with Gasteiger partial charge in [-0.05, 0) is 214 Å². The molecule has 0 bridgehead atoms. The first-order valence-corrected chi connectivity index (χ1v) is 25.5. The van der Waals surface area contributed by atoms with Crippen molar-refractivity contribution in [2.75, 3.05) is 0 Å². The van der Waals surface area contributed by atoms with Crippen LogP contribution in [0.25, 0.3) is 0 Å². The van der Waals surface area contributed by atoms with Crippen molar-refractivity contribution in [2.45, 2.75) is 235 Å². The molecule has 2 N–H and O–H groups in total. The third-order valence-electron chi connectivity index (χ3n) is 21.5. The Bertz CT molecular complexity index is 1240. The van der Waals surface area contributed by atoms with Crippen LogP contribution in [-0.4, -0.2) is 22.4 Å². The van der Waals surface area contributed by atoms with Crippen molar-refractivity contribution in [2.24, 2.45) is 98.6 Å². The van der Waals surface area contributed by atoms with Crippen molar-refractivity contribution in [3.8, 4) is 0 Å². The van der Waals surface area contributed by atoms with Crippen LogP contribution in [0.2, 0.25) is 0 Å². The summed E-state index contributed by atoms with van der Waals surface area (Å²) in [5, 5.41) is 20.5. The highest BCUT2D eigenvalue weighted by molar-refractivity contribution is 5.11. The summed E-state index contributed by atoms with van der Waals surface area (Å²) < 4.78 is 0. The van der Waals surface area contributed by atoms with Crippen LogP contribution in [0.5, 0.6) is 0 Å². The molecular weight excluding hydrogens is 669 g/mol. The lowest BCUT2D eigenvalue weighted by molar-refractivity contribution is -0.129. The topological polar surface area (TPSA) is 40.5 Å². The maximum Gasteiger partial charge on any atom is 0.0543 e. The number of hydrogen-bond donors (Lipinski definition) is 2. The Morgan fingerprint density at radius 3 is 1.31 bits per heavy atom. The van der Waals surface area contributed by atoms with Gasteiger partial charge in [-0.15, -0.1) is 0 Å². The molecule has 18 atom stereocenters. The molecule has 8 aliphatic rings. The van der Waals surface area contributed by atoms with Crippen molar-refractivity contribution in [3.05, 3.63) is 0 Å². The molecule has 8 rings (SSSR count). The maximum absolute atomic E-state index is 10.3. The SMILES string of the molecule is CC(C)CCCC(C)[C@H]1CC[C@H]2[C@@H]3CC[C@H]4C[C@@H](O)CC[C@]4(C)[C@H]3CC[C@]12C.CCCCCC(C)[C@H]1CC[C@H]2[C@@H]3CC[C@H]4C[C@@H](O)CC[C@]4(C)[C@H]3CC[C@]12C. The number of fused-ring (bicyclic) bond motifs is 10. The molecule has 8 fully saturated rings. The minimum atomic E-state index is -0.00830. The quantitative estimate of drug-likeness (QED) is 0.218. The van der Waals surface area contributed by atoms with Crippen molar-refractivity contribution in [3.63, 3.8) is 0 Å². The monoisotopic (exact) mass is 763 g/mol. The second kappa shape index (κ2) is 17.1. The minimum absolute atomic E-state index is 0.00619. The van der Waals surface area contributed by atoms with Gasteiger partial charge in [-0.1, -0.05) is 107 Å². The largest absolute Gasteiger partial charge is 0.393 e. The fourth-order valence-corrected chi connectivity index (χ4v) is 18.4. The van der Waals surface area contributed by atoms with E-state index in [2.05, 4.69) is 62.3 Å². The van der Waals surface area contributed by atoms with E-state index < -0.39 is 0 Å².